The maximum absolute atomic E-state index is 12.5. The lowest BCUT2D eigenvalue weighted by Crippen LogP contribution is -2.50. The van der Waals surface area contributed by atoms with E-state index in [0.717, 1.165) is 25.7 Å². The second kappa shape index (κ2) is 8.79. The van der Waals surface area contributed by atoms with E-state index < -0.39 is 5.97 Å². The van der Waals surface area contributed by atoms with E-state index in [1.165, 1.54) is 6.42 Å². The fourth-order valence-corrected chi connectivity index (χ4v) is 2.74. The maximum Gasteiger partial charge on any atom is 0.320 e. The van der Waals surface area contributed by atoms with Crippen LogP contribution in [0.1, 0.15) is 45.4 Å². The summed E-state index contributed by atoms with van der Waals surface area (Å²) in [7, 11) is 0. The van der Waals surface area contributed by atoms with Crippen molar-refractivity contribution in [2.45, 2.75) is 51.5 Å². The molecule has 1 aliphatic carbocycles. The fraction of sp³-hybridized carbons (Fsp3) is 0.857. The highest BCUT2D eigenvalue weighted by atomic mass is 16.4. The predicted molar refractivity (Wildman–Crippen MR) is 75.6 cm³/mol. The van der Waals surface area contributed by atoms with Gasteiger partial charge in [-0.15, -0.1) is 0 Å². The Morgan fingerprint density at radius 2 is 1.80 bits per heavy atom. The van der Waals surface area contributed by atoms with E-state index in [2.05, 4.69) is 0 Å². The molecule has 1 aliphatic rings. The molecule has 0 spiro atoms. The molecule has 0 aromatic heterocycles. The van der Waals surface area contributed by atoms with Gasteiger partial charge in [-0.2, -0.15) is 0 Å². The number of hydrogen-bond acceptors (Lipinski definition) is 3. The van der Waals surface area contributed by atoms with Crippen LogP contribution in [0.25, 0.3) is 0 Å². The Labute approximate surface area is 120 Å². The normalized spacial score (nSPS) is 15.9. The Morgan fingerprint density at radius 1 is 1.15 bits per heavy atom. The summed E-state index contributed by atoms with van der Waals surface area (Å²) in [4.78, 5) is 26.5. The lowest BCUT2D eigenvalue weighted by molar-refractivity contribution is -0.137. The molecule has 2 amide bonds. The number of carboxylic acid groups (broad SMARTS) is 1. The molecule has 20 heavy (non-hydrogen) atoms. The molecule has 0 heterocycles. The van der Waals surface area contributed by atoms with E-state index in [1.807, 2.05) is 6.92 Å². The van der Waals surface area contributed by atoms with Crippen molar-refractivity contribution >= 4 is 12.0 Å². The number of rotatable bonds is 7. The summed E-state index contributed by atoms with van der Waals surface area (Å²) in [5.74, 6) is -0.900. The van der Waals surface area contributed by atoms with Crippen LogP contribution in [0.5, 0.6) is 0 Å². The molecular weight excluding hydrogens is 260 g/mol. The van der Waals surface area contributed by atoms with Crippen LogP contribution in [0.15, 0.2) is 0 Å². The van der Waals surface area contributed by atoms with Crippen molar-refractivity contribution in [1.82, 2.24) is 9.80 Å². The third-order valence-corrected chi connectivity index (χ3v) is 3.85. The SMILES string of the molecule is CCN(CCC(=O)O)C(=O)N(CCO)C1CCCCC1. The summed E-state index contributed by atoms with van der Waals surface area (Å²) >= 11 is 0. The minimum atomic E-state index is -0.900. The molecule has 0 radical (unpaired) electrons. The van der Waals surface area contributed by atoms with Gasteiger partial charge >= 0.3 is 12.0 Å². The van der Waals surface area contributed by atoms with Gasteiger partial charge in [0.1, 0.15) is 0 Å². The van der Waals surface area contributed by atoms with Gasteiger partial charge in [0.25, 0.3) is 0 Å². The molecule has 1 fully saturated rings. The van der Waals surface area contributed by atoms with Crippen LogP contribution in [0.2, 0.25) is 0 Å². The Kier molecular flexibility index (Phi) is 7.36. The molecule has 6 heteroatoms. The average Bonchev–Trinajstić information content (AvgIpc) is 2.45. The zero-order valence-electron chi connectivity index (χ0n) is 12.3. The van der Waals surface area contributed by atoms with E-state index in [9.17, 15) is 14.7 Å². The molecular formula is C14H26N2O4. The Hall–Kier alpha value is -1.30. The minimum absolute atomic E-state index is 0.0444. The number of aliphatic hydroxyl groups excluding tert-OH is 1. The molecule has 0 unspecified atom stereocenters. The summed E-state index contributed by atoms with van der Waals surface area (Å²) < 4.78 is 0. The van der Waals surface area contributed by atoms with Gasteiger partial charge in [-0.25, -0.2) is 4.79 Å². The standard InChI is InChI=1S/C14H26N2O4/c1-2-15(9-8-13(18)19)14(20)16(10-11-17)12-6-4-3-5-7-12/h12,17H,2-11H2,1H3,(H,18,19). The molecule has 0 aromatic carbocycles. The van der Waals surface area contributed by atoms with Crippen molar-refractivity contribution < 1.29 is 19.8 Å². The molecule has 2 N–H and O–H groups in total. The Balaban J connectivity index is 2.66. The van der Waals surface area contributed by atoms with Crippen molar-refractivity contribution in [1.29, 1.82) is 0 Å². The van der Waals surface area contributed by atoms with Crippen LogP contribution in [0.3, 0.4) is 0 Å². The quantitative estimate of drug-likeness (QED) is 0.743. The summed E-state index contributed by atoms with van der Waals surface area (Å²) in [6, 6.07) is 0.0389. The third kappa shape index (κ3) is 5.00. The number of carbonyl (C=O) groups is 2. The molecule has 0 aromatic rings. The first kappa shape index (κ1) is 16.8. The van der Waals surface area contributed by atoms with Gasteiger partial charge in [0.05, 0.1) is 13.0 Å². The highest BCUT2D eigenvalue weighted by Gasteiger charge is 2.28. The molecule has 1 saturated carbocycles. The maximum atomic E-state index is 12.5. The lowest BCUT2D eigenvalue weighted by atomic mass is 9.94. The van der Waals surface area contributed by atoms with E-state index in [0.29, 0.717) is 13.1 Å². The van der Waals surface area contributed by atoms with Crippen molar-refractivity contribution in [3.8, 4) is 0 Å². The molecule has 0 bridgehead atoms. The minimum Gasteiger partial charge on any atom is -0.481 e. The first-order chi connectivity index (χ1) is 9.60. The molecule has 0 aliphatic heterocycles. The number of carbonyl (C=O) groups excluding carboxylic acids is 1. The number of aliphatic carboxylic acids is 1. The van der Waals surface area contributed by atoms with Crippen LogP contribution in [0, 0.1) is 0 Å². The van der Waals surface area contributed by atoms with Crippen LogP contribution in [0.4, 0.5) is 4.79 Å². The highest BCUT2D eigenvalue weighted by molar-refractivity contribution is 5.76. The van der Waals surface area contributed by atoms with E-state index in [1.54, 1.807) is 9.80 Å². The van der Waals surface area contributed by atoms with Crippen molar-refractivity contribution in [3.05, 3.63) is 0 Å². The lowest BCUT2D eigenvalue weighted by Gasteiger charge is -2.37. The zero-order chi connectivity index (χ0) is 15.0. The van der Waals surface area contributed by atoms with Gasteiger partial charge in [-0.05, 0) is 19.8 Å². The summed E-state index contributed by atoms with van der Waals surface area (Å²) in [5.41, 5.74) is 0. The van der Waals surface area contributed by atoms with Gasteiger partial charge in [-0.1, -0.05) is 19.3 Å². The van der Waals surface area contributed by atoms with Gasteiger partial charge in [0.15, 0.2) is 0 Å². The summed E-state index contributed by atoms with van der Waals surface area (Å²) in [5, 5.41) is 17.9. The van der Waals surface area contributed by atoms with Gasteiger partial charge < -0.3 is 20.0 Å². The van der Waals surface area contributed by atoms with E-state index >= 15 is 0 Å². The number of aliphatic hydroxyl groups is 1. The Bertz CT molecular complexity index is 316. The first-order valence-electron chi connectivity index (χ1n) is 7.48. The Morgan fingerprint density at radius 3 is 2.30 bits per heavy atom. The summed E-state index contributed by atoms with van der Waals surface area (Å²) in [6.45, 7) is 2.82. The molecule has 0 saturated heterocycles. The van der Waals surface area contributed by atoms with Crippen molar-refractivity contribution in [3.63, 3.8) is 0 Å². The average molecular weight is 286 g/mol. The van der Waals surface area contributed by atoms with Crippen LogP contribution in [-0.4, -0.2) is 64.3 Å². The van der Waals surface area contributed by atoms with Crippen LogP contribution < -0.4 is 0 Å². The second-order valence-corrected chi connectivity index (χ2v) is 5.21. The fourth-order valence-electron chi connectivity index (χ4n) is 2.74. The van der Waals surface area contributed by atoms with E-state index in [-0.39, 0.29) is 31.6 Å². The smallest absolute Gasteiger partial charge is 0.320 e. The number of urea groups is 1. The summed E-state index contributed by atoms with van der Waals surface area (Å²) in [6.07, 6.45) is 5.33. The third-order valence-electron chi connectivity index (χ3n) is 3.85. The van der Waals surface area contributed by atoms with Gasteiger partial charge in [-0.3, -0.25) is 4.79 Å². The topological polar surface area (TPSA) is 81.1 Å². The molecule has 116 valence electrons. The number of carboxylic acids is 1. The van der Waals surface area contributed by atoms with Crippen LogP contribution >= 0.6 is 0 Å². The molecule has 6 nitrogen and oxygen atoms in total. The molecule has 0 atom stereocenters. The second-order valence-electron chi connectivity index (χ2n) is 5.21. The monoisotopic (exact) mass is 286 g/mol. The van der Waals surface area contributed by atoms with Gasteiger partial charge in [0, 0.05) is 25.7 Å². The number of nitrogens with zero attached hydrogens (tertiary/aromatic N) is 2. The number of hydrogen-bond donors (Lipinski definition) is 2. The number of amides is 2. The first-order valence-corrected chi connectivity index (χ1v) is 7.48. The molecule has 1 rings (SSSR count). The van der Waals surface area contributed by atoms with Crippen LogP contribution in [-0.2, 0) is 4.79 Å². The highest BCUT2D eigenvalue weighted by Crippen LogP contribution is 2.23. The zero-order valence-corrected chi connectivity index (χ0v) is 12.3. The van der Waals surface area contributed by atoms with E-state index in [4.69, 9.17) is 5.11 Å². The predicted octanol–water partition coefficient (Wildman–Crippen LogP) is 1.53. The largest absolute Gasteiger partial charge is 0.481 e. The van der Waals surface area contributed by atoms with Crippen molar-refractivity contribution in [2.75, 3.05) is 26.2 Å². The van der Waals surface area contributed by atoms with Gasteiger partial charge in [0.2, 0.25) is 0 Å². The van der Waals surface area contributed by atoms with Crippen molar-refractivity contribution in [2.24, 2.45) is 0 Å².